The van der Waals surface area contributed by atoms with Crippen molar-refractivity contribution in [3.63, 3.8) is 0 Å². The number of benzene rings is 2. The lowest BCUT2D eigenvalue weighted by Crippen LogP contribution is -2.47. The number of rotatable bonds is 2. The number of β-amino-alcohol motifs (C(OH)–C–C–N with tert-alkyl or cyclic N) is 1. The molecule has 2 heterocycles. The van der Waals surface area contributed by atoms with Gasteiger partial charge in [0.25, 0.3) is 5.79 Å². The van der Waals surface area contributed by atoms with E-state index in [0.717, 1.165) is 5.56 Å². The molecule has 2 aliphatic rings. The van der Waals surface area contributed by atoms with E-state index < -0.39 is 29.4 Å². The van der Waals surface area contributed by atoms with Crippen molar-refractivity contribution in [3.8, 4) is 11.5 Å². The predicted octanol–water partition coefficient (Wildman–Crippen LogP) is 5.21. The minimum absolute atomic E-state index is 0.146. The number of nitrogens with zero attached hydrogens (tertiary/aromatic N) is 1. The van der Waals surface area contributed by atoms with Gasteiger partial charge in [0.05, 0.1) is 18.2 Å². The van der Waals surface area contributed by atoms with Crippen LogP contribution in [-0.2, 0) is 10.5 Å². The molecule has 1 amide bonds. The van der Waals surface area contributed by atoms with Crippen molar-refractivity contribution in [1.82, 2.24) is 4.90 Å². The maximum absolute atomic E-state index is 14.6. The lowest BCUT2D eigenvalue weighted by Gasteiger charge is -2.37. The number of hydrogen-bond donors (Lipinski definition) is 1. The molecule has 2 aromatic carbocycles. The maximum Gasteiger partial charge on any atom is 0.410 e. The van der Waals surface area contributed by atoms with Crippen molar-refractivity contribution in [2.45, 2.75) is 57.5 Å². The van der Waals surface area contributed by atoms with Crippen LogP contribution < -0.4 is 9.47 Å². The smallest absolute Gasteiger partial charge is 0.410 e. The Hall–Kier alpha value is -2.51. The molecule has 32 heavy (non-hydrogen) atoms. The summed E-state index contributed by atoms with van der Waals surface area (Å²) in [6.45, 7) is 7.64. The van der Waals surface area contributed by atoms with Gasteiger partial charge in [0.1, 0.15) is 11.4 Å². The lowest BCUT2D eigenvalue weighted by atomic mass is 9.86. The Morgan fingerprint density at radius 2 is 2.03 bits per heavy atom. The molecule has 2 unspecified atom stereocenters. The van der Waals surface area contributed by atoms with Gasteiger partial charge in [0.15, 0.2) is 11.5 Å². The normalized spacial score (nSPS) is 25.0. The Morgan fingerprint density at radius 1 is 1.28 bits per heavy atom. The van der Waals surface area contributed by atoms with Crippen molar-refractivity contribution in [1.29, 1.82) is 0 Å². The highest BCUT2D eigenvalue weighted by molar-refractivity contribution is 6.30. The summed E-state index contributed by atoms with van der Waals surface area (Å²) >= 11 is 5.88. The number of halogens is 2. The first-order valence-electron chi connectivity index (χ1n) is 10.6. The van der Waals surface area contributed by atoms with Gasteiger partial charge < -0.3 is 24.2 Å². The Bertz CT molecular complexity index is 1040. The van der Waals surface area contributed by atoms with Gasteiger partial charge in [-0.2, -0.15) is 0 Å². The average Bonchev–Trinajstić information content (AvgIpc) is 3.03. The summed E-state index contributed by atoms with van der Waals surface area (Å²) in [6, 6.07) is 9.77. The van der Waals surface area contributed by atoms with Gasteiger partial charge in [-0.1, -0.05) is 23.7 Å². The third-order valence-electron chi connectivity index (χ3n) is 5.66. The Labute approximate surface area is 191 Å². The van der Waals surface area contributed by atoms with Crippen LogP contribution in [0.25, 0.3) is 0 Å². The van der Waals surface area contributed by atoms with Gasteiger partial charge in [-0.05, 0) is 51.5 Å². The van der Waals surface area contributed by atoms with Crippen LogP contribution in [0.3, 0.4) is 0 Å². The van der Waals surface area contributed by atoms with Crippen LogP contribution in [0.1, 0.15) is 51.2 Å². The summed E-state index contributed by atoms with van der Waals surface area (Å²) in [5.74, 6) is -1.22. The zero-order chi connectivity index (χ0) is 23.3. The zero-order valence-corrected chi connectivity index (χ0v) is 19.3. The number of fused-ring (bicyclic) bond motifs is 1. The number of carbonyl (C=O) groups is 1. The van der Waals surface area contributed by atoms with Crippen molar-refractivity contribution >= 4 is 17.7 Å². The fraction of sp³-hybridized carbons (Fsp3) is 0.458. The molecule has 2 aliphatic heterocycles. The second kappa shape index (κ2) is 8.12. The average molecular weight is 464 g/mol. The molecule has 1 fully saturated rings. The van der Waals surface area contributed by atoms with Gasteiger partial charge in [0, 0.05) is 30.0 Å². The van der Waals surface area contributed by atoms with E-state index in [1.165, 1.54) is 17.0 Å². The van der Waals surface area contributed by atoms with Crippen LogP contribution in [0, 0.1) is 5.82 Å². The van der Waals surface area contributed by atoms with Crippen LogP contribution in [-0.4, -0.2) is 40.9 Å². The lowest BCUT2D eigenvalue weighted by molar-refractivity contribution is -0.0715. The molecule has 8 heteroatoms. The molecule has 1 N–H and O–H groups in total. The molecule has 0 saturated carbocycles. The number of carbonyl (C=O) groups excluding carboxylic acids is 1. The second-order valence-corrected chi connectivity index (χ2v) is 9.77. The third kappa shape index (κ3) is 4.36. The molecular formula is C24H27ClFNO5. The van der Waals surface area contributed by atoms with Crippen LogP contribution in [0.5, 0.6) is 11.5 Å². The van der Waals surface area contributed by atoms with E-state index in [0.29, 0.717) is 24.5 Å². The van der Waals surface area contributed by atoms with Crippen LogP contribution in [0.15, 0.2) is 36.4 Å². The first-order chi connectivity index (χ1) is 15.0. The molecular weight excluding hydrogens is 437 g/mol. The molecule has 3 atom stereocenters. The van der Waals surface area contributed by atoms with Crippen LogP contribution >= 0.6 is 11.6 Å². The van der Waals surface area contributed by atoms with E-state index in [9.17, 15) is 14.3 Å². The second-order valence-electron chi connectivity index (χ2n) is 9.34. The maximum atomic E-state index is 14.6. The van der Waals surface area contributed by atoms with Crippen molar-refractivity contribution in [2.24, 2.45) is 0 Å². The van der Waals surface area contributed by atoms with Gasteiger partial charge >= 0.3 is 6.09 Å². The molecule has 6 nitrogen and oxygen atoms in total. The number of aliphatic hydroxyl groups is 1. The Kier molecular flexibility index (Phi) is 5.75. The summed E-state index contributed by atoms with van der Waals surface area (Å²) in [7, 11) is 0. The van der Waals surface area contributed by atoms with E-state index in [1.807, 2.05) is 12.1 Å². The molecule has 2 aromatic rings. The fourth-order valence-electron chi connectivity index (χ4n) is 4.19. The minimum atomic E-state index is -1.37. The van der Waals surface area contributed by atoms with Crippen molar-refractivity contribution in [3.05, 3.63) is 58.4 Å². The highest BCUT2D eigenvalue weighted by Crippen LogP contribution is 2.49. The molecule has 0 spiro atoms. The monoisotopic (exact) mass is 463 g/mol. The summed E-state index contributed by atoms with van der Waals surface area (Å²) in [5.41, 5.74) is 0.382. The van der Waals surface area contributed by atoms with Gasteiger partial charge in [-0.15, -0.1) is 0 Å². The number of piperidine rings is 1. The summed E-state index contributed by atoms with van der Waals surface area (Å²) in [5, 5.41) is 11.2. The minimum Gasteiger partial charge on any atom is -0.444 e. The van der Waals surface area contributed by atoms with Crippen LogP contribution in [0.4, 0.5) is 9.18 Å². The standard InChI is InChI=1S/C24H27ClFNO5/c1-23(2,3)32-22(29)27-11-10-15(19(28)13-27)16-6-5-7-20-21(16)31-24(4,30-20)17-9-8-14(25)12-18(17)26/h5-9,12,15,19,28H,10-11,13H2,1-4H3/t15?,19?,24-/m0/s1. The van der Waals surface area contributed by atoms with E-state index >= 15 is 0 Å². The number of amides is 1. The third-order valence-corrected chi connectivity index (χ3v) is 5.90. The van der Waals surface area contributed by atoms with E-state index in [2.05, 4.69) is 0 Å². The molecule has 0 aliphatic carbocycles. The molecule has 1 saturated heterocycles. The summed E-state index contributed by atoms with van der Waals surface area (Å²) < 4.78 is 32.2. The van der Waals surface area contributed by atoms with E-state index in [1.54, 1.807) is 39.8 Å². The van der Waals surface area contributed by atoms with E-state index in [4.69, 9.17) is 25.8 Å². The quantitative estimate of drug-likeness (QED) is 0.662. The molecule has 0 radical (unpaired) electrons. The van der Waals surface area contributed by atoms with Gasteiger partial charge in [-0.25, -0.2) is 9.18 Å². The fourth-order valence-corrected chi connectivity index (χ4v) is 4.35. The van der Waals surface area contributed by atoms with Crippen molar-refractivity contribution in [2.75, 3.05) is 13.1 Å². The Morgan fingerprint density at radius 3 is 2.69 bits per heavy atom. The first kappa shape index (κ1) is 22.7. The summed E-state index contributed by atoms with van der Waals surface area (Å²) in [6.07, 6.45) is -0.740. The van der Waals surface area contributed by atoms with Crippen molar-refractivity contribution < 1.29 is 28.5 Å². The number of aliphatic hydroxyl groups excluding tert-OH is 1. The number of likely N-dealkylation sites (tertiary alicyclic amines) is 1. The molecule has 0 aromatic heterocycles. The predicted molar refractivity (Wildman–Crippen MR) is 118 cm³/mol. The number of ether oxygens (including phenoxy) is 3. The summed E-state index contributed by atoms with van der Waals surface area (Å²) in [4.78, 5) is 13.9. The first-order valence-corrected chi connectivity index (χ1v) is 11.0. The van der Waals surface area contributed by atoms with Crippen LogP contribution in [0.2, 0.25) is 5.02 Å². The highest BCUT2D eigenvalue weighted by Gasteiger charge is 2.44. The number of hydrogen-bond acceptors (Lipinski definition) is 5. The zero-order valence-electron chi connectivity index (χ0n) is 18.5. The molecule has 0 bridgehead atoms. The largest absolute Gasteiger partial charge is 0.444 e. The highest BCUT2D eigenvalue weighted by atomic mass is 35.5. The molecule has 172 valence electrons. The topological polar surface area (TPSA) is 68.2 Å². The molecule has 4 rings (SSSR count). The SMILES string of the molecule is CC(C)(C)OC(=O)N1CCC(c2cccc3c2O[C@@](C)(c2ccc(Cl)cc2F)O3)C(O)C1. The van der Waals surface area contributed by atoms with Gasteiger partial charge in [0.2, 0.25) is 0 Å². The number of para-hydroxylation sites is 1. The Balaban J connectivity index is 1.55. The van der Waals surface area contributed by atoms with Gasteiger partial charge in [-0.3, -0.25) is 0 Å². The van der Waals surface area contributed by atoms with E-state index in [-0.39, 0.29) is 23.0 Å².